The van der Waals surface area contributed by atoms with Gasteiger partial charge in [0.2, 0.25) is 0 Å². The van der Waals surface area contributed by atoms with Gasteiger partial charge in [-0.15, -0.1) is 0 Å². The Kier molecular flexibility index (Phi) is 4.33. The normalized spacial score (nSPS) is 38.7. The summed E-state index contributed by atoms with van der Waals surface area (Å²) in [6, 6.07) is 6.75. The predicted octanol–water partition coefficient (Wildman–Crippen LogP) is 4.97. The summed E-state index contributed by atoms with van der Waals surface area (Å²) in [4.78, 5) is 13.0. The molecule has 5 saturated carbocycles. The maximum Gasteiger partial charge on any atom is 0.252 e. The van der Waals surface area contributed by atoms with Crippen molar-refractivity contribution < 1.29 is 4.79 Å². The maximum atomic E-state index is 13.0. The number of hydrogen-bond acceptors (Lipinski definition) is 2. The first-order valence-corrected chi connectivity index (χ1v) is 12.2. The predicted molar refractivity (Wildman–Crippen MR) is 116 cm³/mol. The largest absolute Gasteiger partial charge is 0.351 e. The molecule has 5 aliphatic carbocycles. The van der Waals surface area contributed by atoms with Crippen LogP contribution in [0.15, 0.2) is 18.2 Å². The minimum absolute atomic E-state index is 0.0218. The van der Waals surface area contributed by atoms with Crippen molar-refractivity contribution in [1.29, 1.82) is 0 Å². The second-order valence-electron chi connectivity index (χ2n) is 11.1. The number of nitrogens with one attached hydrogen (secondary N) is 2. The molecule has 5 atom stereocenters. The van der Waals surface area contributed by atoms with Gasteiger partial charge >= 0.3 is 0 Å². The first kappa shape index (κ1) is 18.7. The van der Waals surface area contributed by atoms with Crippen molar-refractivity contribution in [3.63, 3.8) is 0 Å². The number of carbonyl (C=O) groups is 1. The molecule has 1 aromatic rings. The van der Waals surface area contributed by atoms with Gasteiger partial charge < -0.3 is 10.6 Å². The molecule has 0 heterocycles. The molecule has 156 valence electrons. The molecule has 1 amide bonds. The standard InChI is InChI=1S/C25H33ClN2O/c26-22-6-3-16(2-1-7-27-20-4-5-20)9-21(22)23(29)28-15-24-11-17-8-18-10-19(13-24)25(18,12-17)14-24/h3,6,9,17-20,27H,1-2,4-5,7-8,10-15H2,(H,28,29). The van der Waals surface area contributed by atoms with Gasteiger partial charge in [0, 0.05) is 12.6 Å². The Morgan fingerprint density at radius 3 is 2.90 bits per heavy atom. The van der Waals surface area contributed by atoms with E-state index in [-0.39, 0.29) is 5.91 Å². The molecule has 0 radical (unpaired) electrons. The van der Waals surface area contributed by atoms with Crippen molar-refractivity contribution in [2.45, 2.75) is 70.3 Å². The zero-order valence-electron chi connectivity index (χ0n) is 17.3. The molecule has 4 heteroatoms. The van der Waals surface area contributed by atoms with Crippen LogP contribution in [-0.2, 0) is 6.42 Å². The van der Waals surface area contributed by atoms with Crippen LogP contribution in [0.4, 0.5) is 0 Å². The Morgan fingerprint density at radius 2 is 2.03 bits per heavy atom. The molecule has 1 spiro atoms. The lowest BCUT2D eigenvalue weighted by Crippen LogP contribution is -2.43. The third-order valence-electron chi connectivity index (χ3n) is 9.14. The summed E-state index contributed by atoms with van der Waals surface area (Å²) in [5.74, 6) is 2.91. The van der Waals surface area contributed by atoms with E-state index in [9.17, 15) is 4.79 Å². The van der Waals surface area contributed by atoms with Crippen LogP contribution in [0.25, 0.3) is 0 Å². The van der Waals surface area contributed by atoms with Crippen molar-refractivity contribution in [3.8, 4) is 0 Å². The van der Waals surface area contributed by atoms with Crippen LogP contribution < -0.4 is 10.6 Å². The molecule has 5 unspecified atom stereocenters. The third kappa shape index (κ3) is 3.15. The number of hydrogen-bond donors (Lipinski definition) is 2. The topological polar surface area (TPSA) is 41.1 Å². The van der Waals surface area contributed by atoms with Crippen molar-refractivity contribution in [1.82, 2.24) is 10.6 Å². The highest BCUT2D eigenvalue weighted by Crippen LogP contribution is 2.78. The maximum absolute atomic E-state index is 13.0. The molecule has 0 aromatic heterocycles. The average Bonchev–Trinajstić information content (AvgIpc) is 3.47. The molecule has 3 bridgehead atoms. The molecular formula is C25H33ClN2O. The van der Waals surface area contributed by atoms with Gasteiger partial charge in [-0.25, -0.2) is 0 Å². The molecule has 5 aliphatic rings. The van der Waals surface area contributed by atoms with Crippen LogP contribution >= 0.6 is 11.6 Å². The summed E-state index contributed by atoms with van der Waals surface area (Å²) in [6.07, 6.45) is 13.2. The molecule has 1 aromatic carbocycles. The van der Waals surface area contributed by atoms with Crippen LogP contribution in [0.1, 0.15) is 73.7 Å². The van der Waals surface area contributed by atoms with Gasteiger partial charge in [0.25, 0.3) is 5.91 Å². The van der Waals surface area contributed by atoms with Gasteiger partial charge in [0.15, 0.2) is 0 Å². The van der Waals surface area contributed by atoms with E-state index in [2.05, 4.69) is 16.7 Å². The van der Waals surface area contributed by atoms with Crippen molar-refractivity contribution >= 4 is 17.5 Å². The van der Waals surface area contributed by atoms with E-state index in [0.717, 1.165) is 49.7 Å². The van der Waals surface area contributed by atoms with Crippen molar-refractivity contribution in [3.05, 3.63) is 34.3 Å². The molecular weight excluding hydrogens is 380 g/mol. The van der Waals surface area contributed by atoms with Crippen LogP contribution in [0.2, 0.25) is 5.02 Å². The second kappa shape index (κ2) is 6.72. The number of halogens is 1. The number of benzene rings is 1. The monoisotopic (exact) mass is 412 g/mol. The Morgan fingerprint density at radius 1 is 1.14 bits per heavy atom. The summed E-state index contributed by atoms with van der Waals surface area (Å²) in [6.45, 7) is 1.90. The number of carbonyl (C=O) groups excluding carboxylic acids is 1. The Balaban J connectivity index is 1.08. The van der Waals surface area contributed by atoms with E-state index in [0.29, 0.717) is 21.4 Å². The van der Waals surface area contributed by atoms with Gasteiger partial charge in [0.05, 0.1) is 10.6 Å². The lowest BCUT2D eigenvalue weighted by atomic mass is 9.55. The Labute approximate surface area is 179 Å². The smallest absolute Gasteiger partial charge is 0.252 e. The fraction of sp³-hybridized carbons (Fsp3) is 0.720. The summed E-state index contributed by atoms with van der Waals surface area (Å²) in [5, 5.41) is 7.45. The zero-order chi connectivity index (χ0) is 19.6. The molecule has 29 heavy (non-hydrogen) atoms. The number of rotatable bonds is 8. The lowest BCUT2D eigenvalue weighted by Gasteiger charge is -2.49. The summed E-state index contributed by atoms with van der Waals surface area (Å²) >= 11 is 6.41. The van der Waals surface area contributed by atoms with Crippen molar-refractivity contribution in [2.24, 2.45) is 28.6 Å². The van der Waals surface area contributed by atoms with Gasteiger partial charge in [-0.3, -0.25) is 4.79 Å². The molecule has 5 fully saturated rings. The van der Waals surface area contributed by atoms with Crippen molar-refractivity contribution in [2.75, 3.05) is 13.1 Å². The third-order valence-corrected chi connectivity index (χ3v) is 9.47. The molecule has 0 aliphatic heterocycles. The minimum atomic E-state index is 0.0218. The van der Waals surface area contributed by atoms with Gasteiger partial charge in [-0.1, -0.05) is 17.7 Å². The van der Waals surface area contributed by atoms with Crippen LogP contribution in [0, 0.1) is 28.6 Å². The summed E-state index contributed by atoms with van der Waals surface area (Å²) < 4.78 is 0. The molecule has 6 rings (SSSR count). The number of fused-ring (bicyclic) bond motifs is 2. The van der Waals surface area contributed by atoms with E-state index in [4.69, 9.17) is 11.6 Å². The SMILES string of the molecule is O=C(NCC12CC3CC4CC(C1)C4(C3)C2)c1cc(CCCNC2CC2)ccc1Cl. The molecule has 3 nitrogen and oxygen atoms in total. The zero-order valence-corrected chi connectivity index (χ0v) is 18.1. The minimum Gasteiger partial charge on any atom is -0.351 e. The van der Waals surface area contributed by atoms with Gasteiger partial charge in [-0.2, -0.15) is 0 Å². The first-order valence-electron chi connectivity index (χ1n) is 11.9. The van der Waals surface area contributed by atoms with Crippen LogP contribution in [0.3, 0.4) is 0 Å². The first-order chi connectivity index (χ1) is 14.1. The van der Waals surface area contributed by atoms with Crippen LogP contribution in [0.5, 0.6) is 0 Å². The highest BCUT2D eigenvalue weighted by Gasteiger charge is 2.70. The van der Waals surface area contributed by atoms with Gasteiger partial charge in [-0.05, 0) is 117 Å². The van der Waals surface area contributed by atoms with E-state index in [1.54, 1.807) is 0 Å². The van der Waals surface area contributed by atoms with E-state index in [1.807, 2.05) is 12.1 Å². The van der Waals surface area contributed by atoms with E-state index < -0.39 is 0 Å². The van der Waals surface area contributed by atoms with Crippen LogP contribution in [-0.4, -0.2) is 25.0 Å². The van der Waals surface area contributed by atoms with E-state index in [1.165, 1.54) is 56.9 Å². The highest BCUT2D eigenvalue weighted by atomic mass is 35.5. The highest BCUT2D eigenvalue weighted by molar-refractivity contribution is 6.33. The Bertz CT molecular complexity index is 832. The Hall–Kier alpha value is -1.06. The quantitative estimate of drug-likeness (QED) is 0.592. The fourth-order valence-corrected chi connectivity index (χ4v) is 8.10. The molecule has 0 saturated heterocycles. The lowest BCUT2D eigenvalue weighted by molar-refractivity contribution is -0.00253. The molecule has 2 N–H and O–H groups in total. The fourth-order valence-electron chi connectivity index (χ4n) is 7.89. The summed E-state index contributed by atoms with van der Waals surface area (Å²) in [7, 11) is 0. The second-order valence-corrected chi connectivity index (χ2v) is 11.5. The number of amides is 1. The average molecular weight is 413 g/mol. The number of aryl methyl sites for hydroxylation is 1. The van der Waals surface area contributed by atoms with Gasteiger partial charge in [0.1, 0.15) is 0 Å². The van der Waals surface area contributed by atoms with E-state index >= 15 is 0 Å². The summed E-state index contributed by atoms with van der Waals surface area (Å²) in [5.41, 5.74) is 2.92.